The van der Waals surface area contributed by atoms with Crippen molar-refractivity contribution in [3.8, 4) is 0 Å². The van der Waals surface area contributed by atoms with Gasteiger partial charge in [-0.05, 0) is 16.4 Å². The fourth-order valence-electron chi connectivity index (χ4n) is 1.56. The summed E-state index contributed by atoms with van der Waals surface area (Å²) in [5, 5.41) is 0. The summed E-state index contributed by atoms with van der Waals surface area (Å²) >= 11 is 2.03. The molecule has 0 spiro atoms. The summed E-state index contributed by atoms with van der Waals surface area (Å²) in [6, 6.07) is 0. The van der Waals surface area contributed by atoms with Gasteiger partial charge in [0.05, 0.1) is 0 Å². The van der Waals surface area contributed by atoms with Crippen LogP contribution in [0.2, 0.25) is 0 Å². The van der Waals surface area contributed by atoms with Crippen molar-refractivity contribution < 1.29 is 0 Å². The van der Waals surface area contributed by atoms with Crippen molar-refractivity contribution in [3.05, 3.63) is 23.3 Å². The third-order valence-electron chi connectivity index (χ3n) is 2.84. The lowest BCUT2D eigenvalue weighted by Gasteiger charge is -2.25. The molecule has 0 atom stereocenters. The Hall–Kier alpha value is -0.170. The summed E-state index contributed by atoms with van der Waals surface area (Å²) < 4.78 is 0. The number of thioether (sulfide) groups is 1. The van der Waals surface area contributed by atoms with Gasteiger partial charge in [0.1, 0.15) is 0 Å². The molecule has 0 amide bonds. The molecule has 0 saturated carbocycles. The first-order chi connectivity index (χ1) is 6.71. The highest BCUT2D eigenvalue weighted by Crippen LogP contribution is 2.36. The van der Waals surface area contributed by atoms with Crippen molar-refractivity contribution in [3.63, 3.8) is 0 Å². The van der Waals surface area contributed by atoms with Crippen LogP contribution >= 0.6 is 11.8 Å². The highest BCUT2D eigenvalue weighted by atomic mass is 32.2. The van der Waals surface area contributed by atoms with E-state index in [2.05, 4.69) is 53.7 Å². The summed E-state index contributed by atoms with van der Waals surface area (Å²) in [5.74, 6) is 2.34. The lowest BCUT2D eigenvalue weighted by Crippen LogP contribution is -2.14. The van der Waals surface area contributed by atoms with Gasteiger partial charge in [-0.1, -0.05) is 59.3 Å². The van der Waals surface area contributed by atoms with E-state index in [-0.39, 0.29) is 5.41 Å². The number of allylic oxidation sites excluding steroid dienone is 2. The quantitative estimate of drug-likeness (QED) is 0.576. The molecule has 0 aromatic carbocycles. The fraction of sp³-hybridized carbons (Fsp3) is 0.714. The van der Waals surface area contributed by atoms with Crippen molar-refractivity contribution in [1.29, 1.82) is 0 Å². The van der Waals surface area contributed by atoms with Gasteiger partial charge in [-0.25, -0.2) is 0 Å². The van der Waals surface area contributed by atoms with Crippen LogP contribution in [0.15, 0.2) is 23.3 Å². The van der Waals surface area contributed by atoms with Crippen LogP contribution in [0.1, 0.15) is 41.5 Å². The van der Waals surface area contributed by atoms with E-state index in [1.54, 1.807) is 5.57 Å². The second-order valence-electron chi connectivity index (χ2n) is 6.34. The Morgan fingerprint density at radius 3 is 2.07 bits per heavy atom. The highest BCUT2D eigenvalue weighted by molar-refractivity contribution is 7.99. The third-order valence-corrected chi connectivity index (χ3v) is 3.76. The monoisotopic (exact) mass is 224 g/mol. The van der Waals surface area contributed by atoms with E-state index in [1.807, 2.05) is 11.8 Å². The maximum atomic E-state index is 2.43. The molecule has 15 heavy (non-hydrogen) atoms. The van der Waals surface area contributed by atoms with Crippen LogP contribution in [0, 0.1) is 10.8 Å². The molecule has 0 fully saturated rings. The Labute approximate surface area is 99.2 Å². The summed E-state index contributed by atoms with van der Waals surface area (Å²) in [6.07, 6.45) is 4.82. The minimum Gasteiger partial charge on any atom is -0.153 e. The van der Waals surface area contributed by atoms with Gasteiger partial charge in [-0.2, -0.15) is 11.8 Å². The normalized spacial score (nSPS) is 19.3. The molecule has 0 N–H and O–H groups in total. The van der Waals surface area contributed by atoms with Crippen LogP contribution in [0.4, 0.5) is 0 Å². The second-order valence-corrected chi connectivity index (χ2v) is 7.37. The topological polar surface area (TPSA) is 0 Å². The standard InChI is InChI=1S/C14H24S/c1-13(2,3)11-7-8-15-10-12(9-11)14(4,5)6/h7,9H,8,10H2,1-6H3. The summed E-state index contributed by atoms with van der Waals surface area (Å²) in [6.45, 7) is 13.8. The molecule has 0 unspecified atom stereocenters. The SMILES string of the molecule is CC(C)(C)C1=CCSCC(C(C)(C)C)=C1. The maximum absolute atomic E-state index is 2.43. The van der Waals surface area contributed by atoms with Crippen molar-refractivity contribution in [2.45, 2.75) is 41.5 Å². The maximum Gasteiger partial charge on any atom is 0.0154 e. The first-order valence-corrected chi connectivity index (χ1v) is 6.86. The Morgan fingerprint density at radius 2 is 1.60 bits per heavy atom. The van der Waals surface area contributed by atoms with E-state index < -0.39 is 0 Å². The molecular weight excluding hydrogens is 200 g/mol. The molecule has 0 aromatic rings. The van der Waals surface area contributed by atoms with Crippen molar-refractivity contribution >= 4 is 11.8 Å². The Kier molecular flexibility index (Phi) is 3.76. The van der Waals surface area contributed by atoms with Crippen LogP contribution < -0.4 is 0 Å². The number of hydrogen-bond acceptors (Lipinski definition) is 1. The number of rotatable bonds is 0. The molecule has 0 aliphatic carbocycles. The van der Waals surface area contributed by atoms with Gasteiger partial charge in [0.15, 0.2) is 0 Å². The molecule has 1 heterocycles. The molecular formula is C14H24S. The third kappa shape index (κ3) is 3.71. The molecule has 0 radical (unpaired) electrons. The van der Waals surface area contributed by atoms with Crippen molar-refractivity contribution in [1.82, 2.24) is 0 Å². The first-order valence-electron chi connectivity index (χ1n) is 5.71. The highest BCUT2D eigenvalue weighted by Gasteiger charge is 2.22. The van der Waals surface area contributed by atoms with E-state index in [4.69, 9.17) is 0 Å². The molecule has 1 rings (SSSR count). The first kappa shape index (κ1) is 12.9. The van der Waals surface area contributed by atoms with Crippen LogP contribution in [0.3, 0.4) is 0 Å². The Balaban J connectivity index is 3.02. The molecule has 0 aromatic heterocycles. The van der Waals surface area contributed by atoms with Crippen LogP contribution in [-0.4, -0.2) is 11.5 Å². The predicted molar refractivity (Wildman–Crippen MR) is 72.4 cm³/mol. The Morgan fingerprint density at radius 1 is 1.00 bits per heavy atom. The zero-order chi connectivity index (χ0) is 11.7. The van der Waals surface area contributed by atoms with E-state index in [0.29, 0.717) is 5.41 Å². The number of hydrogen-bond donors (Lipinski definition) is 0. The van der Waals surface area contributed by atoms with Gasteiger partial charge in [-0.15, -0.1) is 0 Å². The zero-order valence-electron chi connectivity index (χ0n) is 11.0. The average Bonchev–Trinajstić information content (AvgIpc) is 2.24. The van der Waals surface area contributed by atoms with E-state index in [0.717, 1.165) is 5.75 Å². The molecule has 0 bridgehead atoms. The van der Waals surface area contributed by atoms with Crippen LogP contribution in [0.25, 0.3) is 0 Å². The fourth-order valence-corrected chi connectivity index (χ4v) is 2.71. The lowest BCUT2D eigenvalue weighted by molar-refractivity contribution is 0.491. The molecule has 0 nitrogen and oxygen atoms in total. The minimum absolute atomic E-state index is 0.279. The van der Waals surface area contributed by atoms with Gasteiger partial charge in [0, 0.05) is 11.5 Å². The molecule has 0 saturated heterocycles. The smallest absolute Gasteiger partial charge is 0.0154 e. The molecule has 86 valence electrons. The predicted octanol–water partition coefficient (Wildman–Crippen LogP) is 4.68. The second kappa shape index (κ2) is 4.37. The van der Waals surface area contributed by atoms with Crippen LogP contribution in [-0.2, 0) is 0 Å². The van der Waals surface area contributed by atoms with E-state index >= 15 is 0 Å². The zero-order valence-corrected chi connectivity index (χ0v) is 11.8. The van der Waals surface area contributed by atoms with Gasteiger partial charge in [0.25, 0.3) is 0 Å². The summed E-state index contributed by atoms with van der Waals surface area (Å²) in [4.78, 5) is 0. The summed E-state index contributed by atoms with van der Waals surface area (Å²) in [7, 11) is 0. The lowest BCUT2D eigenvalue weighted by atomic mass is 9.80. The van der Waals surface area contributed by atoms with Gasteiger partial charge >= 0.3 is 0 Å². The largest absolute Gasteiger partial charge is 0.153 e. The molecule has 1 aliphatic heterocycles. The van der Waals surface area contributed by atoms with E-state index in [1.165, 1.54) is 11.3 Å². The van der Waals surface area contributed by atoms with Gasteiger partial charge < -0.3 is 0 Å². The minimum atomic E-state index is 0.279. The average molecular weight is 224 g/mol. The van der Waals surface area contributed by atoms with Gasteiger partial charge in [-0.3, -0.25) is 0 Å². The van der Waals surface area contributed by atoms with Crippen molar-refractivity contribution in [2.24, 2.45) is 10.8 Å². The molecule has 1 aliphatic rings. The van der Waals surface area contributed by atoms with Gasteiger partial charge in [0.2, 0.25) is 0 Å². The molecule has 1 heteroatoms. The van der Waals surface area contributed by atoms with Crippen LogP contribution in [0.5, 0.6) is 0 Å². The van der Waals surface area contributed by atoms with E-state index in [9.17, 15) is 0 Å². The Bertz CT molecular complexity index is 281. The van der Waals surface area contributed by atoms with Crippen molar-refractivity contribution in [2.75, 3.05) is 11.5 Å². The summed E-state index contributed by atoms with van der Waals surface area (Å²) in [5.41, 5.74) is 3.66.